The Bertz CT molecular complexity index is 1320. The number of benzene rings is 3. The van der Waals surface area contributed by atoms with Crippen molar-refractivity contribution in [2.24, 2.45) is 0 Å². The van der Waals surface area contributed by atoms with Crippen molar-refractivity contribution in [1.82, 2.24) is 0 Å². The van der Waals surface area contributed by atoms with Gasteiger partial charge in [-0.15, -0.1) is 12.2 Å². The standard InChI is InChI=1S/C12H8.2C7H5ClO2.C6H5.Bi/c1-3-7-11(8-4-1)12-9-5-2-6-10-12;2*8-6-3-1-2-5(4-6)7(9)10;1-2-4-6-5-3-1;/h1-7,9H;2*1-4H,(H,9,10);1-5H;/q;;;;+2/p-2. The minimum absolute atomic E-state index is 0. The molecule has 3 aromatic carbocycles. The van der Waals surface area contributed by atoms with Crippen LogP contribution in [0.2, 0.25) is 10.0 Å². The molecule has 0 saturated carbocycles. The van der Waals surface area contributed by atoms with E-state index in [0.717, 1.165) is 11.1 Å². The molecule has 3 aromatic rings. The van der Waals surface area contributed by atoms with Gasteiger partial charge >= 0.3 is 26.2 Å². The quantitative estimate of drug-likeness (QED) is 0.210. The SMILES string of the molecule is C1=C[CH-]C=CC=1C1=CC=CC=[C+]1.O=C([O-])c1cccc(Cl)c1.O=C([O-])c1cccc(Cl)c1.[Bi+2].[c]1ccccc1. The van der Waals surface area contributed by atoms with E-state index in [0.29, 0.717) is 10.0 Å². The summed E-state index contributed by atoms with van der Waals surface area (Å²) in [6.07, 6.45) is 19.0. The maximum Gasteiger partial charge on any atom is 2.00 e. The van der Waals surface area contributed by atoms with Gasteiger partial charge < -0.3 is 19.8 Å². The average molecular weight is 749 g/mol. The third kappa shape index (κ3) is 14.2. The van der Waals surface area contributed by atoms with E-state index in [-0.39, 0.29) is 37.3 Å². The number of aromatic carboxylic acids is 2. The summed E-state index contributed by atoms with van der Waals surface area (Å²) >= 11 is 11.0. The van der Waals surface area contributed by atoms with Crippen LogP contribution >= 0.6 is 23.2 Å². The average Bonchev–Trinajstić information content (AvgIpc) is 2.96. The van der Waals surface area contributed by atoms with Gasteiger partial charge in [-0.2, -0.15) is 12.5 Å². The van der Waals surface area contributed by atoms with E-state index >= 15 is 0 Å². The molecule has 0 N–H and O–H groups in total. The van der Waals surface area contributed by atoms with Gasteiger partial charge in [-0.25, -0.2) is 5.73 Å². The number of carbonyl (C=O) groups excluding carboxylic acids is 2. The molecule has 39 heavy (non-hydrogen) atoms. The molecule has 0 unspecified atom stereocenters. The van der Waals surface area contributed by atoms with Gasteiger partial charge in [-0.3, -0.25) is 0 Å². The first-order chi connectivity index (χ1) is 18.4. The van der Waals surface area contributed by atoms with E-state index in [1.165, 1.54) is 24.3 Å². The predicted octanol–water partition coefficient (Wildman–Crippen LogP) is 5.21. The Balaban J connectivity index is 0.000000264. The van der Waals surface area contributed by atoms with Crippen LogP contribution in [0, 0.1) is 18.6 Å². The van der Waals surface area contributed by atoms with Gasteiger partial charge in [0.2, 0.25) is 0 Å². The van der Waals surface area contributed by atoms with E-state index in [1.54, 1.807) is 24.3 Å². The number of halogens is 2. The monoisotopic (exact) mass is 748 g/mol. The molecule has 0 amide bonds. The molecule has 0 atom stereocenters. The van der Waals surface area contributed by atoms with Crippen molar-refractivity contribution < 1.29 is 19.8 Å². The molecule has 5 rings (SSSR count). The molecule has 2 aliphatic carbocycles. The summed E-state index contributed by atoms with van der Waals surface area (Å²) in [5, 5.41) is 21.2. The molecule has 2 aliphatic rings. The van der Waals surface area contributed by atoms with Crippen molar-refractivity contribution in [1.29, 1.82) is 0 Å². The van der Waals surface area contributed by atoms with Gasteiger partial charge in [0.05, 0.1) is 18.0 Å². The summed E-state index contributed by atoms with van der Waals surface area (Å²) in [7, 11) is 0. The normalized spacial score (nSPS) is 11.5. The zero-order valence-corrected chi connectivity index (χ0v) is 25.4. The fraction of sp³-hybridized carbons (Fsp3) is 0. The largest absolute Gasteiger partial charge is 2.00 e. The molecule has 0 aliphatic heterocycles. The Morgan fingerprint density at radius 3 is 1.74 bits per heavy atom. The van der Waals surface area contributed by atoms with Crippen LogP contribution in [0.15, 0.2) is 138 Å². The first-order valence-electron chi connectivity index (χ1n) is 11.2. The molecule has 4 nitrogen and oxygen atoms in total. The number of hydrogen-bond donors (Lipinski definition) is 0. The first kappa shape index (κ1) is 33.4. The molecule has 0 saturated heterocycles. The van der Waals surface area contributed by atoms with Crippen molar-refractivity contribution in [3.05, 3.63) is 178 Å². The third-order valence-electron chi connectivity index (χ3n) is 4.44. The van der Waals surface area contributed by atoms with Gasteiger partial charge in [-0.1, -0.05) is 77.8 Å². The minimum atomic E-state index is -1.21. The van der Waals surface area contributed by atoms with Crippen LogP contribution in [0.3, 0.4) is 0 Å². The van der Waals surface area contributed by atoms with E-state index < -0.39 is 11.9 Å². The topological polar surface area (TPSA) is 80.3 Å². The van der Waals surface area contributed by atoms with E-state index in [2.05, 4.69) is 17.9 Å². The van der Waals surface area contributed by atoms with Gasteiger partial charge in [0.1, 0.15) is 5.57 Å². The number of hydrogen-bond acceptors (Lipinski definition) is 4. The molecule has 0 fully saturated rings. The molecule has 0 bridgehead atoms. The number of allylic oxidation sites excluding steroid dienone is 9. The molecule has 0 heterocycles. The molecular formula is C32H21BiCl2O4. The van der Waals surface area contributed by atoms with Crippen molar-refractivity contribution in [3.8, 4) is 0 Å². The Morgan fingerprint density at radius 2 is 1.41 bits per heavy atom. The number of carbonyl (C=O) groups is 2. The maximum atomic E-state index is 10.2. The molecule has 0 aromatic heterocycles. The van der Waals surface area contributed by atoms with Crippen LogP contribution in [0.4, 0.5) is 0 Å². The molecule has 0 spiro atoms. The van der Waals surface area contributed by atoms with Crippen molar-refractivity contribution in [2.75, 3.05) is 0 Å². The molecule has 7 heteroatoms. The zero-order valence-electron chi connectivity index (χ0n) is 20.5. The minimum Gasteiger partial charge on any atom is -0.545 e. The maximum absolute atomic E-state index is 10.2. The van der Waals surface area contributed by atoms with Gasteiger partial charge in [0.15, 0.2) is 0 Å². The van der Waals surface area contributed by atoms with Crippen LogP contribution in [0.5, 0.6) is 0 Å². The molecule has 4 radical (unpaired) electrons. The fourth-order valence-electron chi connectivity index (χ4n) is 2.69. The summed E-state index contributed by atoms with van der Waals surface area (Å²) in [5.41, 5.74) is 5.55. The van der Waals surface area contributed by atoms with E-state index in [1.807, 2.05) is 79.3 Å². The summed E-state index contributed by atoms with van der Waals surface area (Å²) in [4.78, 5) is 20.4. The van der Waals surface area contributed by atoms with Gasteiger partial charge in [-0.05, 0) is 47.0 Å². The summed E-state index contributed by atoms with van der Waals surface area (Å²) < 4.78 is 0. The second-order valence-electron chi connectivity index (χ2n) is 7.23. The van der Waals surface area contributed by atoms with Crippen molar-refractivity contribution >= 4 is 61.3 Å². The first-order valence-corrected chi connectivity index (χ1v) is 11.9. The van der Waals surface area contributed by atoms with E-state index in [9.17, 15) is 19.8 Å². The summed E-state index contributed by atoms with van der Waals surface area (Å²) in [6, 6.07) is 24.4. The smallest absolute Gasteiger partial charge is 0.545 e. The predicted molar refractivity (Wildman–Crippen MR) is 153 cm³/mol. The third-order valence-corrected chi connectivity index (χ3v) is 4.91. The van der Waals surface area contributed by atoms with Gasteiger partial charge in [0.25, 0.3) is 0 Å². The van der Waals surface area contributed by atoms with Gasteiger partial charge in [0, 0.05) is 34.3 Å². The Kier molecular flexibility index (Phi) is 16.6. The second-order valence-corrected chi connectivity index (χ2v) is 8.10. The van der Waals surface area contributed by atoms with Crippen molar-refractivity contribution in [3.63, 3.8) is 0 Å². The Labute approximate surface area is 257 Å². The van der Waals surface area contributed by atoms with E-state index in [4.69, 9.17) is 23.2 Å². The fourth-order valence-corrected chi connectivity index (χ4v) is 3.08. The summed E-state index contributed by atoms with van der Waals surface area (Å²) in [6.45, 7) is 0. The van der Waals surface area contributed by atoms with Crippen molar-refractivity contribution in [2.45, 2.75) is 0 Å². The Morgan fingerprint density at radius 1 is 0.821 bits per heavy atom. The molecule has 192 valence electrons. The number of carboxylic acids is 2. The zero-order chi connectivity index (χ0) is 27.6. The van der Waals surface area contributed by atoms with Crippen LogP contribution in [0.25, 0.3) is 0 Å². The van der Waals surface area contributed by atoms with Crippen LogP contribution in [-0.2, 0) is 0 Å². The van der Waals surface area contributed by atoms with Crippen LogP contribution in [0.1, 0.15) is 20.7 Å². The van der Waals surface area contributed by atoms with Crippen LogP contribution < -0.4 is 10.2 Å². The number of rotatable bonds is 3. The van der Waals surface area contributed by atoms with Crippen LogP contribution in [-0.4, -0.2) is 38.1 Å². The summed E-state index contributed by atoms with van der Waals surface area (Å²) in [5.74, 6) is -2.41. The second kappa shape index (κ2) is 19.4. The Hall–Kier alpha value is -3.68. The molecular weight excluding hydrogens is 728 g/mol. The number of carboxylic acid groups (broad SMARTS) is 2.